The molecule has 0 aromatic carbocycles. The molecule has 0 radical (unpaired) electrons. The molecule has 1 heterocycles. The standard InChI is InChI=1S/C15H32N2O/c1-7-15(6)11-17(8-9-18-13(4)5)14(10-16-15)12(2)3/h12-14,16H,7-11H2,1-6H3. The summed E-state index contributed by atoms with van der Waals surface area (Å²) in [5.74, 6) is 0.693. The lowest BCUT2D eigenvalue weighted by Gasteiger charge is -2.47. The minimum atomic E-state index is 0.267. The molecule has 18 heavy (non-hydrogen) atoms. The van der Waals surface area contributed by atoms with Crippen LogP contribution in [0.25, 0.3) is 0 Å². The van der Waals surface area contributed by atoms with Crippen molar-refractivity contribution in [3.63, 3.8) is 0 Å². The zero-order chi connectivity index (χ0) is 13.8. The molecule has 1 N–H and O–H groups in total. The first-order chi connectivity index (χ1) is 8.38. The lowest BCUT2D eigenvalue weighted by atomic mass is 9.90. The molecule has 1 saturated heterocycles. The molecule has 0 spiro atoms. The normalized spacial score (nSPS) is 30.3. The zero-order valence-corrected chi connectivity index (χ0v) is 13.1. The van der Waals surface area contributed by atoms with Crippen LogP contribution >= 0.6 is 0 Å². The SMILES string of the molecule is CCC1(C)CN(CCOC(C)C)C(C(C)C)CN1. The maximum atomic E-state index is 5.71. The number of rotatable bonds is 6. The highest BCUT2D eigenvalue weighted by molar-refractivity contribution is 4.95. The van der Waals surface area contributed by atoms with Crippen molar-refractivity contribution in [1.29, 1.82) is 0 Å². The van der Waals surface area contributed by atoms with Gasteiger partial charge in [-0.2, -0.15) is 0 Å². The minimum Gasteiger partial charge on any atom is -0.377 e. The van der Waals surface area contributed by atoms with Gasteiger partial charge in [0.05, 0.1) is 12.7 Å². The van der Waals surface area contributed by atoms with E-state index in [4.69, 9.17) is 4.74 Å². The Labute approximate surface area is 113 Å². The van der Waals surface area contributed by atoms with Gasteiger partial charge in [-0.3, -0.25) is 4.90 Å². The highest BCUT2D eigenvalue weighted by Gasteiger charge is 2.35. The molecule has 2 atom stereocenters. The number of piperazine rings is 1. The van der Waals surface area contributed by atoms with Crippen LogP contribution in [0.2, 0.25) is 0 Å². The van der Waals surface area contributed by atoms with E-state index in [1.165, 1.54) is 6.42 Å². The first kappa shape index (κ1) is 15.9. The van der Waals surface area contributed by atoms with E-state index in [1.54, 1.807) is 0 Å². The van der Waals surface area contributed by atoms with E-state index in [1.807, 2.05) is 0 Å². The third-order valence-corrected chi connectivity index (χ3v) is 4.14. The van der Waals surface area contributed by atoms with Crippen molar-refractivity contribution in [2.45, 2.75) is 65.6 Å². The fourth-order valence-electron chi connectivity index (χ4n) is 2.65. The van der Waals surface area contributed by atoms with Crippen LogP contribution in [0.4, 0.5) is 0 Å². The van der Waals surface area contributed by atoms with Crippen molar-refractivity contribution < 1.29 is 4.74 Å². The summed E-state index contributed by atoms with van der Waals surface area (Å²) in [6, 6.07) is 0.639. The van der Waals surface area contributed by atoms with E-state index in [2.05, 4.69) is 51.8 Å². The summed E-state index contributed by atoms with van der Waals surface area (Å²) in [7, 11) is 0. The number of hydrogen-bond donors (Lipinski definition) is 1. The lowest BCUT2D eigenvalue weighted by molar-refractivity contribution is 0.0120. The van der Waals surface area contributed by atoms with Gasteiger partial charge < -0.3 is 10.1 Å². The summed E-state index contributed by atoms with van der Waals surface area (Å²) in [6.07, 6.45) is 1.52. The van der Waals surface area contributed by atoms with Crippen LogP contribution in [0, 0.1) is 5.92 Å². The first-order valence-corrected chi connectivity index (χ1v) is 7.48. The predicted molar refractivity (Wildman–Crippen MR) is 78.0 cm³/mol. The van der Waals surface area contributed by atoms with Gasteiger partial charge in [-0.15, -0.1) is 0 Å². The average molecular weight is 256 g/mol. The lowest BCUT2D eigenvalue weighted by Crippen LogP contribution is -2.64. The second-order valence-corrected chi connectivity index (χ2v) is 6.50. The quantitative estimate of drug-likeness (QED) is 0.790. The van der Waals surface area contributed by atoms with Gasteiger partial charge in [0.1, 0.15) is 0 Å². The van der Waals surface area contributed by atoms with Crippen LogP contribution < -0.4 is 5.32 Å². The molecule has 0 aliphatic carbocycles. The van der Waals surface area contributed by atoms with Crippen molar-refractivity contribution in [3.05, 3.63) is 0 Å². The van der Waals surface area contributed by atoms with E-state index in [0.29, 0.717) is 18.1 Å². The Bertz CT molecular complexity index is 243. The van der Waals surface area contributed by atoms with Gasteiger partial charge in [-0.1, -0.05) is 20.8 Å². The van der Waals surface area contributed by atoms with Crippen LogP contribution in [0.1, 0.15) is 48.0 Å². The summed E-state index contributed by atoms with van der Waals surface area (Å²) < 4.78 is 5.71. The largest absolute Gasteiger partial charge is 0.377 e. The molecular weight excluding hydrogens is 224 g/mol. The second kappa shape index (κ2) is 6.88. The molecule has 0 saturated carbocycles. The highest BCUT2D eigenvalue weighted by Crippen LogP contribution is 2.22. The Hall–Kier alpha value is -0.120. The Morgan fingerprint density at radius 1 is 1.33 bits per heavy atom. The molecule has 0 aromatic heterocycles. The summed E-state index contributed by atoms with van der Waals surface area (Å²) in [5, 5.41) is 3.72. The summed E-state index contributed by atoms with van der Waals surface area (Å²) in [6.45, 7) is 17.6. The Balaban J connectivity index is 2.55. The number of nitrogens with one attached hydrogen (secondary N) is 1. The van der Waals surface area contributed by atoms with Crippen molar-refractivity contribution in [2.75, 3.05) is 26.2 Å². The van der Waals surface area contributed by atoms with Crippen molar-refractivity contribution >= 4 is 0 Å². The van der Waals surface area contributed by atoms with Gasteiger partial charge in [0.15, 0.2) is 0 Å². The fourth-order valence-corrected chi connectivity index (χ4v) is 2.65. The minimum absolute atomic E-state index is 0.267. The predicted octanol–water partition coefficient (Wildman–Crippen LogP) is 2.51. The van der Waals surface area contributed by atoms with E-state index < -0.39 is 0 Å². The maximum Gasteiger partial charge on any atom is 0.0597 e. The molecule has 3 heteroatoms. The van der Waals surface area contributed by atoms with Gasteiger partial charge in [-0.25, -0.2) is 0 Å². The van der Waals surface area contributed by atoms with Gasteiger partial charge in [0.2, 0.25) is 0 Å². The molecule has 1 aliphatic heterocycles. The molecule has 1 aliphatic rings. The van der Waals surface area contributed by atoms with Crippen LogP contribution in [0.15, 0.2) is 0 Å². The number of hydrogen-bond acceptors (Lipinski definition) is 3. The smallest absolute Gasteiger partial charge is 0.0597 e. The molecule has 108 valence electrons. The van der Waals surface area contributed by atoms with Crippen LogP contribution in [-0.2, 0) is 4.74 Å². The third-order valence-electron chi connectivity index (χ3n) is 4.14. The Morgan fingerprint density at radius 3 is 2.50 bits per heavy atom. The molecule has 0 bridgehead atoms. The van der Waals surface area contributed by atoms with Gasteiger partial charge in [0.25, 0.3) is 0 Å². The maximum absolute atomic E-state index is 5.71. The molecular formula is C15H32N2O. The average Bonchev–Trinajstić information content (AvgIpc) is 2.28. The zero-order valence-electron chi connectivity index (χ0n) is 13.1. The van der Waals surface area contributed by atoms with Gasteiger partial charge >= 0.3 is 0 Å². The molecule has 2 unspecified atom stereocenters. The Kier molecular flexibility index (Phi) is 6.09. The van der Waals surface area contributed by atoms with Gasteiger partial charge in [-0.05, 0) is 33.1 Å². The van der Waals surface area contributed by atoms with Gasteiger partial charge in [0, 0.05) is 31.2 Å². The van der Waals surface area contributed by atoms with Crippen LogP contribution in [0.3, 0.4) is 0 Å². The number of nitrogens with zero attached hydrogens (tertiary/aromatic N) is 1. The van der Waals surface area contributed by atoms with E-state index in [9.17, 15) is 0 Å². The third kappa shape index (κ3) is 4.52. The van der Waals surface area contributed by atoms with Crippen LogP contribution in [-0.4, -0.2) is 48.8 Å². The molecule has 0 aromatic rings. The molecule has 0 amide bonds. The summed E-state index contributed by atoms with van der Waals surface area (Å²) >= 11 is 0. The fraction of sp³-hybridized carbons (Fsp3) is 1.00. The first-order valence-electron chi connectivity index (χ1n) is 7.48. The molecule has 1 rings (SSSR count). The summed E-state index contributed by atoms with van der Waals surface area (Å²) in [5.41, 5.74) is 0.267. The van der Waals surface area contributed by atoms with Crippen molar-refractivity contribution in [1.82, 2.24) is 10.2 Å². The molecule has 3 nitrogen and oxygen atoms in total. The highest BCUT2D eigenvalue weighted by atomic mass is 16.5. The summed E-state index contributed by atoms with van der Waals surface area (Å²) in [4.78, 5) is 2.62. The van der Waals surface area contributed by atoms with E-state index in [0.717, 1.165) is 26.2 Å². The van der Waals surface area contributed by atoms with Crippen LogP contribution in [0.5, 0.6) is 0 Å². The van der Waals surface area contributed by atoms with Crippen molar-refractivity contribution in [3.8, 4) is 0 Å². The van der Waals surface area contributed by atoms with E-state index in [-0.39, 0.29) is 5.54 Å². The monoisotopic (exact) mass is 256 g/mol. The van der Waals surface area contributed by atoms with Crippen molar-refractivity contribution in [2.24, 2.45) is 5.92 Å². The second-order valence-electron chi connectivity index (χ2n) is 6.50. The molecule has 1 fully saturated rings. The number of ether oxygens (including phenoxy) is 1. The van der Waals surface area contributed by atoms with E-state index >= 15 is 0 Å². The topological polar surface area (TPSA) is 24.5 Å². The Morgan fingerprint density at radius 2 is 2.00 bits per heavy atom.